The molecule has 0 fully saturated rings. The number of rotatable bonds is 4. The van der Waals surface area contributed by atoms with Crippen LogP contribution in [0.25, 0.3) is 0 Å². The van der Waals surface area contributed by atoms with Gasteiger partial charge >= 0.3 is 0 Å². The van der Waals surface area contributed by atoms with E-state index in [-0.39, 0.29) is 11.7 Å². The predicted molar refractivity (Wildman–Crippen MR) is 75.0 cm³/mol. The van der Waals surface area contributed by atoms with Gasteiger partial charge in [-0.3, -0.25) is 4.79 Å². The van der Waals surface area contributed by atoms with Crippen LogP contribution in [0.4, 0.5) is 0 Å². The third kappa shape index (κ3) is 3.07. The van der Waals surface area contributed by atoms with E-state index < -0.39 is 0 Å². The molecule has 2 aromatic rings. The molecule has 0 radical (unpaired) electrons. The van der Waals surface area contributed by atoms with Gasteiger partial charge in [-0.15, -0.1) is 0 Å². The van der Waals surface area contributed by atoms with Gasteiger partial charge in [0.15, 0.2) is 5.78 Å². The first-order valence-corrected chi connectivity index (χ1v) is 6.31. The summed E-state index contributed by atoms with van der Waals surface area (Å²) in [6, 6.07) is 17.9. The van der Waals surface area contributed by atoms with Gasteiger partial charge in [0.05, 0.1) is 0 Å². The third-order valence-corrected chi connectivity index (χ3v) is 3.23. The van der Waals surface area contributed by atoms with E-state index in [1.54, 1.807) is 0 Å². The number of carbonyl (C=O) groups is 1. The van der Waals surface area contributed by atoms with Crippen molar-refractivity contribution < 1.29 is 4.79 Å². The Hall–Kier alpha value is -1.89. The smallest absolute Gasteiger partial charge is 0.163 e. The second-order valence-electron chi connectivity index (χ2n) is 4.81. The minimum Gasteiger partial charge on any atom is -0.294 e. The Morgan fingerprint density at radius 2 is 1.61 bits per heavy atom. The summed E-state index contributed by atoms with van der Waals surface area (Å²) in [5.41, 5.74) is 3.28. The molecule has 1 unspecified atom stereocenters. The van der Waals surface area contributed by atoms with Crippen LogP contribution in [0.2, 0.25) is 0 Å². The number of Topliss-reactive ketones (excluding diaryl/α,β-unsaturated/α-hetero) is 1. The van der Waals surface area contributed by atoms with Crippen molar-refractivity contribution in [1.82, 2.24) is 0 Å². The average Bonchev–Trinajstić information content (AvgIpc) is 2.40. The van der Waals surface area contributed by atoms with E-state index in [1.807, 2.05) is 30.3 Å². The van der Waals surface area contributed by atoms with Crippen molar-refractivity contribution in [1.29, 1.82) is 0 Å². The van der Waals surface area contributed by atoms with E-state index in [2.05, 4.69) is 38.1 Å². The van der Waals surface area contributed by atoms with E-state index >= 15 is 0 Å². The maximum absolute atomic E-state index is 12.1. The van der Waals surface area contributed by atoms with Crippen molar-refractivity contribution in [3.05, 3.63) is 71.3 Å². The van der Waals surface area contributed by atoms with Gasteiger partial charge in [-0.2, -0.15) is 0 Å². The van der Waals surface area contributed by atoms with Crippen LogP contribution in [-0.4, -0.2) is 5.78 Å². The topological polar surface area (TPSA) is 17.1 Å². The molecule has 1 atom stereocenters. The Labute approximate surface area is 108 Å². The Kier molecular flexibility index (Phi) is 3.93. The standard InChI is InChI=1S/C17H18O/c1-13-8-10-15(11-9-13)14(2)12-17(18)16-6-4-3-5-7-16/h3-11,14H,12H2,1-2H3. The molecule has 2 aromatic carbocycles. The van der Waals surface area contributed by atoms with Gasteiger partial charge in [0.25, 0.3) is 0 Å². The predicted octanol–water partition coefficient (Wildman–Crippen LogP) is 4.37. The highest BCUT2D eigenvalue weighted by molar-refractivity contribution is 5.96. The molecule has 0 spiro atoms. The normalized spacial score (nSPS) is 12.1. The van der Waals surface area contributed by atoms with Gasteiger partial charge in [-0.05, 0) is 18.4 Å². The Morgan fingerprint density at radius 3 is 2.22 bits per heavy atom. The monoisotopic (exact) mass is 238 g/mol. The molecule has 92 valence electrons. The SMILES string of the molecule is Cc1ccc(C(C)CC(=O)c2ccccc2)cc1. The molecule has 2 rings (SSSR count). The molecule has 0 aliphatic carbocycles. The fourth-order valence-corrected chi connectivity index (χ4v) is 2.03. The summed E-state index contributed by atoms with van der Waals surface area (Å²) in [7, 11) is 0. The maximum atomic E-state index is 12.1. The number of ketones is 1. The molecule has 0 saturated heterocycles. The molecule has 1 nitrogen and oxygen atoms in total. The van der Waals surface area contributed by atoms with E-state index in [0.717, 1.165) is 5.56 Å². The fraction of sp³-hybridized carbons (Fsp3) is 0.235. The maximum Gasteiger partial charge on any atom is 0.163 e. The van der Waals surface area contributed by atoms with Crippen LogP contribution in [0.15, 0.2) is 54.6 Å². The van der Waals surface area contributed by atoms with Gasteiger partial charge in [0.1, 0.15) is 0 Å². The first-order valence-electron chi connectivity index (χ1n) is 6.31. The summed E-state index contributed by atoms with van der Waals surface area (Å²) >= 11 is 0. The molecule has 0 bridgehead atoms. The molecule has 0 heterocycles. The van der Waals surface area contributed by atoms with Crippen molar-refractivity contribution >= 4 is 5.78 Å². The van der Waals surface area contributed by atoms with Gasteiger partial charge in [0, 0.05) is 12.0 Å². The summed E-state index contributed by atoms with van der Waals surface area (Å²) < 4.78 is 0. The van der Waals surface area contributed by atoms with Crippen LogP contribution < -0.4 is 0 Å². The summed E-state index contributed by atoms with van der Waals surface area (Å²) in [6.45, 7) is 4.18. The number of hydrogen-bond acceptors (Lipinski definition) is 1. The fourth-order valence-electron chi connectivity index (χ4n) is 2.03. The minimum atomic E-state index is 0.212. The lowest BCUT2D eigenvalue weighted by molar-refractivity contribution is 0.0975. The number of aryl methyl sites for hydroxylation is 1. The van der Waals surface area contributed by atoms with Crippen LogP contribution in [0.3, 0.4) is 0 Å². The Morgan fingerprint density at radius 1 is 1.00 bits per heavy atom. The van der Waals surface area contributed by atoms with Crippen LogP contribution in [-0.2, 0) is 0 Å². The lowest BCUT2D eigenvalue weighted by Gasteiger charge is -2.11. The molecule has 0 saturated carbocycles. The average molecular weight is 238 g/mol. The van der Waals surface area contributed by atoms with E-state index in [4.69, 9.17) is 0 Å². The highest BCUT2D eigenvalue weighted by atomic mass is 16.1. The highest BCUT2D eigenvalue weighted by Crippen LogP contribution is 2.21. The van der Waals surface area contributed by atoms with Gasteiger partial charge in [0.2, 0.25) is 0 Å². The van der Waals surface area contributed by atoms with Gasteiger partial charge < -0.3 is 0 Å². The lowest BCUT2D eigenvalue weighted by atomic mass is 9.93. The zero-order valence-electron chi connectivity index (χ0n) is 10.9. The van der Waals surface area contributed by atoms with Gasteiger partial charge in [-0.25, -0.2) is 0 Å². The second kappa shape index (κ2) is 5.63. The largest absolute Gasteiger partial charge is 0.294 e. The molecular formula is C17H18O. The van der Waals surface area contributed by atoms with E-state index in [0.29, 0.717) is 6.42 Å². The Balaban J connectivity index is 2.06. The molecule has 0 amide bonds. The molecule has 0 aromatic heterocycles. The summed E-state index contributed by atoms with van der Waals surface area (Å²) in [4.78, 5) is 12.1. The van der Waals surface area contributed by atoms with Crippen LogP contribution >= 0.6 is 0 Å². The third-order valence-electron chi connectivity index (χ3n) is 3.23. The molecule has 0 aliphatic heterocycles. The molecular weight excluding hydrogens is 220 g/mol. The first-order chi connectivity index (χ1) is 8.66. The van der Waals surface area contributed by atoms with Crippen molar-refractivity contribution in [2.45, 2.75) is 26.2 Å². The molecule has 0 aliphatic rings. The molecule has 0 N–H and O–H groups in total. The van der Waals surface area contributed by atoms with Crippen molar-refractivity contribution in [2.75, 3.05) is 0 Å². The highest BCUT2D eigenvalue weighted by Gasteiger charge is 2.12. The minimum absolute atomic E-state index is 0.212. The van der Waals surface area contributed by atoms with Crippen LogP contribution in [0.5, 0.6) is 0 Å². The van der Waals surface area contributed by atoms with Crippen molar-refractivity contribution in [3.8, 4) is 0 Å². The van der Waals surface area contributed by atoms with E-state index in [1.165, 1.54) is 11.1 Å². The summed E-state index contributed by atoms with van der Waals surface area (Å²) in [5, 5.41) is 0. The van der Waals surface area contributed by atoms with Gasteiger partial charge in [-0.1, -0.05) is 67.1 Å². The lowest BCUT2D eigenvalue weighted by Crippen LogP contribution is -2.04. The van der Waals surface area contributed by atoms with Crippen LogP contribution in [0.1, 0.15) is 40.7 Å². The van der Waals surface area contributed by atoms with E-state index in [9.17, 15) is 4.79 Å². The summed E-state index contributed by atoms with van der Waals surface area (Å²) in [6.07, 6.45) is 0.563. The molecule has 1 heteroatoms. The first kappa shape index (κ1) is 12.6. The zero-order valence-corrected chi connectivity index (χ0v) is 10.9. The van der Waals surface area contributed by atoms with Crippen molar-refractivity contribution in [3.63, 3.8) is 0 Å². The molecule has 18 heavy (non-hydrogen) atoms. The number of carbonyl (C=O) groups excluding carboxylic acids is 1. The zero-order chi connectivity index (χ0) is 13.0. The van der Waals surface area contributed by atoms with Crippen molar-refractivity contribution in [2.24, 2.45) is 0 Å². The Bertz CT molecular complexity index is 511. The quantitative estimate of drug-likeness (QED) is 0.723. The summed E-state index contributed by atoms with van der Waals surface area (Å²) in [5.74, 6) is 0.474. The second-order valence-corrected chi connectivity index (χ2v) is 4.81. The number of hydrogen-bond donors (Lipinski definition) is 0. The number of benzene rings is 2. The van der Waals surface area contributed by atoms with Crippen LogP contribution in [0, 0.1) is 6.92 Å².